The van der Waals surface area contributed by atoms with Crippen LogP contribution in [0, 0.1) is 6.92 Å². The molecule has 0 unspecified atom stereocenters. The number of anilines is 2. The summed E-state index contributed by atoms with van der Waals surface area (Å²) >= 11 is 0. The largest absolute Gasteiger partial charge is 0.497 e. The number of ether oxygens (including phenoxy) is 1. The fourth-order valence-corrected chi connectivity index (χ4v) is 3.98. The van der Waals surface area contributed by atoms with Gasteiger partial charge in [-0.15, -0.1) is 0 Å². The molecule has 2 aromatic carbocycles. The van der Waals surface area contributed by atoms with Crippen molar-refractivity contribution >= 4 is 17.4 Å². The highest BCUT2D eigenvalue weighted by Crippen LogP contribution is 2.18. The number of carbonyl (C=O) groups is 1. The summed E-state index contributed by atoms with van der Waals surface area (Å²) in [5.41, 5.74) is 4.33. The van der Waals surface area contributed by atoms with Crippen LogP contribution in [0.2, 0.25) is 0 Å². The molecule has 0 atom stereocenters. The van der Waals surface area contributed by atoms with Crippen LogP contribution in [0.1, 0.15) is 16.7 Å². The summed E-state index contributed by atoms with van der Waals surface area (Å²) in [6.45, 7) is 7.04. The standard InChI is InChI=1S/C26H30N4O2/c1-20-4-3-5-22(16-20)19-29-12-14-30(15-13-29)25-11-8-23(18-27-25)28-26(31)17-21-6-9-24(32-2)10-7-21/h3-11,16,18H,12-15,17,19H2,1-2H3,(H,28,31). The number of amides is 1. The van der Waals surface area contributed by atoms with Crippen LogP contribution in [0.5, 0.6) is 5.75 Å². The maximum absolute atomic E-state index is 12.3. The van der Waals surface area contributed by atoms with Crippen LogP contribution in [0.3, 0.4) is 0 Å². The molecular formula is C26H30N4O2. The summed E-state index contributed by atoms with van der Waals surface area (Å²) in [6, 6.07) is 20.2. The quantitative estimate of drug-likeness (QED) is 0.616. The monoisotopic (exact) mass is 430 g/mol. The van der Waals surface area contributed by atoms with Crippen LogP contribution in [0.4, 0.5) is 11.5 Å². The van der Waals surface area contributed by atoms with Gasteiger partial charge in [-0.25, -0.2) is 4.98 Å². The molecule has 6 nitrogen and oxygen atoms in total. The first-order chi connectivity index (χ1) is 15.6. The number of hydrogen-bond donors (Lipinski definition) is 1. The Morgan fingerprint density at radius 2 is 1.78 bits per heavy atom. The normalized spacial score (nSPS) is 14.2. The second-order valence-corrected chi connectivity index (χ2v) is 8.23. The van der Waals surface area contributed by atoms with E-state index in [9.17, 15) is 4.79 Å². The lowest BCUT2D eigenvalue weighted by molar-refractivity contribution is -0.115. The number of piperazine rings is 1. The minimum absolute atomic E-state index is 0.0607. The first-order valence-electron chi connectivity index (χ1n) is 11.0. The Labute approximate surface area is 189 Å². The minimum Gasteiger partial charge on any atom is -0.497 e. The van der Waals surface area contributed by atoms with Crippen molar-refractivity contribution < 1.29 is 9.53 Å². The van der Waals surface area contributed by atoms with Gasteiger partial charge in [-0.2, -0.15) is 0 Å². The summed E-state index contributed by atoms with van der Waals surface area (Å²) in [4.78, 5) is 21.7. The summed E-state index contributed by atoms with van der Waals surface area (Å²) in [5.74, 6) is 1.67. The molecule has 0 spiro atoms. The van der Waals surface area contributed by atoms with E-state index in [1.807, 2.05) is 36.4 Å². The summed E-state index contributed by atoms with van der Waals surface area (Å²) in [7, 11) is 1.63. The number of aryl methyl sites for hydroxylation is 1. The molecule has 0 aliphatic carbocycles. The lowest BCUT2D eigenvalue weighted by atomic mass is 10.1. The molecule has 1 saturated heterocycles. The van der Waals surface area contributed by atoms with E-state index < -0.39 is 0 Å². The molecule has 4 rings (SSSR count). The van der Waals surface area contributed by atoms with E-state index in [0.717, 1.165) is 49.9 Å². The molecule has 32 heavy (non-hydrogen) atoms. The average Bonchev–Trinajstić information content (AvgIpc) is 2.81. The van der Waals surface area contributed by atoms with Gasteiger partial charge in [-0.3, -0.25) is 9.69 Å². The summed E-state index contributed by atoms with van der Waals surface area (Å²) < 4.78 is 5.15. The SMILES string of the molecule is COc1ccc(CC(=O)Nc2ccc(N3CCN(Cc4cccc(C)c4)CC3)nc2)cc1. The van der Waals surface area contributed by atoms with Crippen molar-refractivity contribution in [1.29, 1.82) is 0 Å². The highest BCUT2D eigenvalue weighted by Gasteiger charge is 2.18. The number of nitrogens with one attached hydrogen (secondary N) is 1. The maximum Gasteiger partial charge on any atom is 0.228 e. The number of methoxy groups -OCH3 is 1. The smallest absolute Gasteiger partial charge is 0.228 e. The summed E-state index contributed by atoms with van der Waals surface area (Å²) in [6.07, 6.45) is 2.05. The Kier molecular flexibility index (Phi) is 7.02. The van der Waals surface area contributed by atoms with Crippen LogP contribution >= 0.6 is 0 Å². The van der Waals surface area contributed by atoms with Crippen molar-refractivity contribution in [3.05, 3.63) is 83.6 Å². The van der Waals surface area contributed by atoms with Gasteiger partial charge >= 0.3 is 0 Å². The van der Waals surface area contributed by atoms with Crippen molar-refractivity contribution in [2.24, 2.45) is 0 Å². The highest BCUT2D eigenvalue weighted by molar-refractivity contribution is 5.92. The third-order valence-corrected chi connectivity index (χ3v) is 5.74. The van der Waals surface area contributed by atoms with E-state index in [0.29, 0.717) is 12.1 Å². The van der Waals surface area contributed by atoms with Crippen LogP contribution < -0.4 is 15.0 Å². The molecule has 6 heteroatoms. The molecule has 1 aliphatic heterocycles. The van der Waals surface area contributed by atoms with E-state index in [1.54, 1.807) is 13.3 Å². The molecule has 0 bridgehead atoms. The molecule has 0 saturated carbocycles. The second-order valence-electron chi connectivity index (χ2n) is 8.23. The molecule has 1 amide bonds. The lowest BCUT2D eigenvalue weighted by Gasteiger charge is -2.35. The molecule has 2 heterocycles. The van der Waals surface area contributed by atoms with Crippen molar-refractivity contribution in [2.45, 2.75) is 19.9 Å². The van der Waals surface area contributed by atoms with E-state index in [4.69, 9.17) is 4.74 Å². The molecule has 1 aliphatic rings. The Bertz CT molecular complexity index is 1030. The molecule has 166 valence electrons. The van der Waals surface area contributed by atoms with E-state index in [2.05, 4.69) is 51.3 Å². The highest BCUT2D eigenvalue weighted by atomic mass is 16.5. The van der Waals surface area contributed by atoms with Crippen molar-refractivity contribution in [3.63, 3.8) is 0 Å². The third kappa shape index (κ3) is 5.86. The summed E-state index contributed by atoms with van der Waals surface area (Å²) in [5, 5.41) is 2.93. The van der Waals surface area contributed by atoms with Crippen LogP contribution in [-0.2, 0) is 17.8 Å². The van der Waals surface area contributed by atoms with Gasteiger partial charge in [0, 0.05) is 32.7 Å². The molecule has 1 N–H and O–H groups in total. The van der Waals surface area contributed by atoms with Crippen LogP contribution in [-0.4, -0.2) is 49.1 Å². The van der Waals surface area contributed by atoms with Crippen molar-refractivity contribution in [1.82, 2.24) is 9.88 Å². The topological polar surface area (TPSA) is 57.7 Å². The zero-order chi connectivity index (χ0) is 22.3. The maximum atomic E-state index is 12.3. The fraction of sp³-hybridized carbons (Fsp3) is 0.308. The Balaban J connectivity index is 1.26. The lowest BCUT2D eigenvalue weighted by Crippen LogP contribution is -2.46. The number of rotatable bonds is 7. The van der Waals surface area contributed by atoms with Gasteiger partial charge in [0.05, 0.1) is 25.4 Å². The Morgan fingerprint density at radius 1 is 1.00 bits per heavy atom. The fourth-order valence-electron chi connectivity index (χ4n) is 3.98. The van der Waals surface area contributed by atoms with Crippen molar-refractivity contribution in [2.75, 3.05) is 43.5 Å². The number of pyridine rings is 1. The van der Waals surface area contributed by atoms with Gasteiger partial charge < -0.3 is 15.0 Å². The predicted octanol–water partition coefficient (Wildman–Crippen LogP) is 3.90. The molecule has 1 aromatic heterocycles. The van der Waals surface area contributed by atoms with E-state index in [-0.39, 0.29) is 5.91 Å². The molecule has 0 radical (unpaired) electrons. The van der Waals surface area contributed by atoms with Gasteiger partial charge in [-0.05, 0) is 42.3 Å². The molecule has 3 aromatic rings. The Hall–Kier alpha value is -3.38. The number of benzene rings is 2. The first-order valence-corrected chi connectivity index (χ1v) is 11.0. The van der Waals surface area contributed by atoms with E-state index >= 15 is 0 Å². The average molecular weight is 431 g/mol. The second kappa shape index (κ2) is 10.3. The molecular weight excluding hydrogens is 400 g/mol. The number of nitrogens with zero attached hydrogens (tertiary/aromatic N) is 3. The van der Waals surface area contributed by atoms with Gasteiger partial charge in [0.25, 0.3) is 0 Å². The van der Waals surface area contributed by atoms with Crippen molar-refractivity contribution in [3.8, 4) is 5.75 Å². The van der Waals surface area contributed by atoms with Gasteiger partial charge in [0.15, 0.2) is 0 Å². The van der Waals surface area contributed by atoms with Gasteiger partial charge in [0.2, 0.25) is 5.91 Å². The van der Waals surface area contributed by atoms with Gasteiger partial charge in [0.1, 0.15) is 11.6 Å². The van der Waals surface area contributed by atoms with Gasteiger partial charge in [-0.1, -0.05) is 42.0 Å². The van der Waals surface area contributed by atoms with Crippen LogP contribution in [0.15, 0.2) is 66.9 Å². The minimum atomic E-state index is -0.0607. The number of hydrogen-bond acceptors (Lipinski definition) is 5. The zero-order valence-electron chi connectivity index (χ0n) is 18.8. The number of aromatic nitrogens is 1. The molecule has 1 fully saturated rings. The van der Waals surface area contributed by atoms with Crippen LogP contribution in [0.25, 0.3) is 0 Å². The zero-order valence-corrected chi connectivity index (χ0v) is 18.8. The third-order valence-electron chi connectivity index (χ3n) is 5.74. The Morgan fingerprint density at radius 3 is 2.44 bits per heavy atom. The van der Waals surface area contributed by atoms with E-state index in [1.165, 1.54) is 11.1 Å². The predicted molar refractivity (Wildman–Crippen MR) is 128 cm³/mol. The first kappa shape index (κ1) is 21.8. The number of carbonyl (C=O) groups excluding carboxylic acids is 1.